The van der Waals surface area contributed by atoms with Gasteiger partial charge in [0, 0.05) is 22.4 Å². The van der Waals surface area contributed by atoms with Gasteiger partial charge in [0.2, 0.25) is 0 Å². The predicted octanol–water partition coefficient (Wildman–Crippen LogP) is 0.293. The molecule has 100 valence electrons. The second kappa shape index (κ2) is 5.99. The Morgan fingerprint density at radius 2 is 2.37 bits per heavy atom. The molecule has 0 saturated heterocycles. The molecule has 0 aliphatic carbocycles. The highest BCUT2D eigenvalue weighted by Crippen LogP contribution is 2.14. The van der Waals surface area contributed by atoms with E-state index in [1.165, 1.54) is 23.9 Å². The first-order valence-electron chi connectivity index (χ1n) is 5.27. The van der Waals surface area contributed by atoms with E-state index in [9.17, 15) is 8.42 Å². The molecule has 0 aliphatic heterocycles. The molecule has 2 rings (SSSR count). The lowest BCUT2D eigenvalue weighted by Crippen LogP contribution is -2.23. The average molecular weight is 297 g/mol. The highest BCUT2D eigenvalue weighted by molar-refractivity contribution is 7.89. The third-order valence-electron chi connectivity index (χ3n) is 2.16. The van der Waals surface area contributed by atoms with Gasteiger partial charge in [-0.15, -0.1) is 11.3 Å². The fourth-order valence-electron chi connectivity index (χ4n) is 1.31. The van der Waals surface area contributed by atoms with Crippen molar-refractivity contribution >= 4 is 21.4 Å². The minimum Gasteiger partial charge on any atom is -0.384 e. The van der Waals surface area contributed by atoms with Crippen LogP contribution in [0.3, 0.4) is 0 Å². The topological polar surface area (TPSA) is 95.1 Å². The molecule has 0 radical (unpaired) electrons. The van der Waals surface area contributed by atoms with E-state index in [-0.39, 0.29) is 18.2 Å². The predicted molar refractivity (Wildman–Crippen MR) is 70.9 cm³/mol. The van der Waals surface area contributed by atoms with Crippen molar-refractivity contribution in [1.82, 2.24) is 14.7 Å². The highest BCUT2D eigenvalue weighted by atomic mass is 32.2. The van der Waals surface area contributed by atoms with Gasteiger partial charge in [0.05, 0.1) is 12.5 Å². The summed E-state index contributed by atoms with van der Waals surface area (Å²) >= 11 is 1.40. The number of nitrogens with one attached hydrogen (secondary N) is 2. The summed E-state index contributed by atoms with van der Waals surface area (Å²) in [6.07, 6.45) is 2.55. The van der Waals surface area contributed by atoms with E-state index in [0.29, 0.717) is 0 Å². The van der Waals surface area contributed by atoms with Crippen LogP contribution < -0.4 is 4.72 Å². The molecule has 2 heterocycles. The molecule has 0 amide bonds. The zero-order valence-corrected chi connectivity index (χ0v) is 11.4. The third kappa shape index (κ3) is 3.65. The van der Waals surface area contributed by atoms with Crippen LogP contribution in [-0.4, -0.2) is 30.1 Å². The lowest BCUT2D eigenvalue weighted by Gasteiger charge is -2.02. The molecular formula is C11H11N3O3S2. The zero-order chi connectivity index (χ0) is 13.7. The fourth-order valence-corrected chi connectivity index (χ4v) is 3.07. The Kier molecular flexibility index (Phi) is 4.34. The van der Waals surface area contributed by atoms with Gasteiger partial charge in [-0.2, -0.15) is 0 Å². The van der Waals surface area contributed by atoms with Crippen LogP contribution in [-0.2, 0) is 16.6 Å². The largest absolute Gasteiger partial charge is 0.384 e. The van der Waals surface area contributed by atoms with Crippen molar-refractivity contribution in [2.24, 2.45) is 0 Å². The van der Waals surface area contributed by atoms with Crippen LogP contribution in [0.2, 0.25) is 0 Å². The normalized spacial score (nSPS) is 11.0. The molecule has 2 aromatic rings. The maximum atomic E-state index is 11.8. The summed E-state index contributed by atoms with van der Waals surface area (Å²) in [5.74, 6) is 5.29. The highest BCUT2D eigenvalue weighted by Gasteiger charge is 2.15. The summed E-state index contributed by atoms with van der Waals surface area (Å²) in [5, 5.41) is 10.4. The summed E-state index contributed by atoms with van der Waals surface area (Å²) in [7, 11) is -3.56. The Hall–Kier alpha value is -1.66. The number of thiophene rings is 1. The van der Waals surface area contributed by atoms with Gasteiger partial charge in [-0.1, -0.05) is 11.8 Å². The molecule has 19 heavy (non-hydrogen) atoms. The SMILES string of the molecule is O=S(=O)(NCc1cc(C#CCO)cs1)c1cnc[nH]1. The molecule has 0 fully saturated rings. The Morgan fingerprint density at radius 3 is 3.05 bits per heavy atom. The van der Waals surface area contributed by atoms with Gasteiger partial charge in [0.15, 0.2) is 5.03 Å². The van der Waals surface area contributed by atoms with Crippen molar-refractivity contribution in [2.75, 3.05) is 6.61 Å². The lowest BCUT2D eigenvalue weighted by atomic mass is 10.3. The molecule has 6 nitrogen and oxygen atoms in total. The molecule has 0 spiro atoms. The van der Waals surface area contributed by atoms with Crippen molar-refractivity contribution in [1.29, 1.82) is 0 Å². The smallest absolute Gasteiger partial charge is 0.257 e. The Labute approximate surface area is 114 Å². The maximum Gasteiger partial charge on any atom is 0.257 e. The summed E-state index contributed by atoms with van der Waals surface area (Å²) in [4.78, 5) is 7.04. The molecule has 0 bridgehead atoms. The Balaban J connectivity index is 2.01. The number of sulfonamides is 1. The van der Waals surface area contributed by atoms with E-state index in [0.717, 1.165) is 10.4 Å². The van der Waals surface area contributed by atoms with E-state index < -0.39 is 10.0 Å². The van der Waals surface area contributed by atoms with Gasteiger partial charge < -0.3 is 10.1 Å². The van der Waals surface area contributed by atoms with Gasteiger partial charge in [-0.3, -0.25) is 0 Å². The van der Waals surface area contributed by atoms with Crippen molar-refractivity contribution in [2.45, 2.75) is 11.6 Å². The second-order valence-corrected chi connectivity index (χ2v) is 6.23. The van der Waals surface area contributed by atoms with E-state index >= 15 is 0 Å². The van der Waals surface area contributed by atoms with E-state index in [1.54, 1.807) is 6.07 Å². The maximum absolute atomic E-state index is 11.8. The van der Waals surface area contributed by atoms with E-state index in [2.05, 4.69) is 26.5 Å². The van der Waals surface area contributed by atoms with Crippen molar-refractivity contribution in [3.8, 4) is 11.8 Å². The molecule has 0 saturated carbocycles. The van der Waals surface area contributed by atoms with Crippen LogP contribution in [0.5, 0.6) is 0 Å². The van der Waals surface area contributed by atoms with Crippen LogP contribution in [0.1, 0.15) is 10.4 Å². The summed E-state index contributed by atoms with van der Waals surface area (Å²) in [6.45, 7) is -0.00947. The van der Waals surface area contributed by atoms with Gasteiger partial charge in [0.1, 0.15) is 6.61 Å². The first kappa shape index (κ1) is 13.8. The number of aromatic amines is 1. The number of imidazole rings is 1. The zero-order valence-electron chi connectivity index (χ0n) is 9.75. The molecule has 0 aromatic carbocycles. The number of H-pyrrole nitrogens is 1. The lowest BCUT2D eigenvalue weighted by molar-refractivity contribution is 0.350. The average Bonchev–Trinajstić information content (AvgIpc) is 3.05. The molecule has 8 heteroatoms. The van der Waals surface area contributed by atoms with E-state index in [4.69, 9.17) is 5.11 Å². The van der Waals surface area contributed by atoms with E-state index in [1.807, 2.05) is 5.38 Å². The fraction of sp³-hybridized carbons (Fsp3) is 0.182. The number of hydrogen-bond donors (Lipinski definition) is 3. The van der Waals surface area contributed by atoms with Crippen LogP contribution in [0.25, 0.3) is 0 Å². The first-order chi connectivity index (χ1) is 9.12. The molecular weight excluding hydrogens is 286 g/mol. The second-order valence-electron chi connectivity index (χ2n) is 3.50. The Morgan fingerprint density at radius 1 is 1.53 bits per heavy atom. The Bertz CT molecular complexity index is 693. The first-order valence-corrected chi connectivity index (χ1v) is 7.63. The van der Waals surface area contributed by atoms with Crippen LogP contribution >= 0.6 is 11.3 Å². The van der Waals surface area contributed by atoms with Gasteiger partial charge >= 0.3 is 0 Å². The minimum absolute atomic E-state index is 0.0318. The number of hydrogen-bond acceptors (Lipinski definition) is 5. The quantitative estimate of drug-likeness (QED) is 0.707. The van der Waals surface area contributed by atoms with Crippen LogP contribution in [0, 0.1) is 11.8 Å². The van der Waals surface area contributed by atoms with Crippen molar-refractivity contribution < 1.29 is 13.5 Å². The number of rotatable bonds is 4. The third-order valence-corrected chi connectivity index (χ3v) is 4.43. The van der Waals surface area contributed by atoms with Gasteiger partial charge in [-0.05, 0) is 6.07 Å². The minimum atomic E-state index is -3.56. The number of aromatic nitrogens is 2. The van der Waals surface area contributed by atoms with Crippen LogP contribution in [0.15, 0.2) is 29.0 Å². The number of nitrogens with zero attached hydrogens (tertiary/aromatic N) is 1. The van der Waals surface area contributed by atoms with Gasteiger partial charge in [-0.25, -0.2) is 18.1 Å². The standard InChI is InChI=1S/C11H11N3O3S2/c15-3-1-2-9-4-10(18-7-9)5-14-19(16,17)11-6-12-8-13-11/h4,6-8,14-15H,3,5H2,(H,12,13). The number of aliphatic hydroxyl groups excluding tert-OH is 1. The molecule has 3 N–H and O–H groups in total. The molecule has 0 aliphatic rings. The molecule has 2 aromatic heterocycles. The molecule has 0 atom stereocenters. The number of aliphatic hydroxyl groups is 1. The van der Waals surface area contributed by atoms with Crippen molar-refractivity contribution in [3.63, 3.8) is 0 Å². The van der Waals surface area contributed by atoms with Gasteiger partial charge in [0.25, 0.3) is 10.0 Å². The molecule has 0 unspecified atom stereocenters. The van der Waals surface area contributed by atoms with Crippen molar-refractivity contribution in [3.05, 3.63) is 34.4 Å². The monoisotopic (exact) mass is 297 g/mol. The summed E-state index contributed by atoms with van der Waals surface area (Å²) < 4.78 is 26.1. The summed E-state index contributed by atoms with van der Waals surface area (Å²) in [5.41, 5.74) is 0.759. The van der Waals surface area contributed by atoms with Crippen LogP contribution in [0.4, 0.5) is 0 Å². The summed E-state index contributed by atoms with van der Waals surface area (Å²) in [6, 6.07) is 1.78.